The molecule has 0 fully saturated rings. The van der Waals surface area contributed by atoms with E-state index in [4.69, 9.17) is 4.74 Å². The van der Waals surface area contributed by atoms with E-state index in [0.717, 1.165) is 18.4 Å². The van der Waals surface area contributed by atoms with Gasteiger partial charge in [-0.15, -0.1) is 0 Å². The first-order valence-electron chi connectivity index (χ1n) is 6.11. The van der Waals surface area contributed by atoms with Gasteiger partial charge in [-0.3, -0.25) is 0 Å². The average Bonchev–Trinajstić information content (AvgIpc) is 2.64. The topological polar surface area (TPSA) is 66.4 Å². The van der Waals surface area contributed by atoms with E-state index in [2.05, 4.69) is 0 Å². The molecule has 18 heavy (non-hydrogen) atoms. The van der Waals surface area contributed by atoms with E-state index in [1.165, 1.54) is 18.3 Å². The molecule has 0 N–H and O–H groups in total. The van der Waals surface area contributed by atoms with Crippen molar-refractivity contribution < 1.29 is 37.7 Å². The Morgan fingerprint density at radius 3 is 2.28 bits per heavy atom. The Morgan fingerprint density at radius 2 is 2.00 bits per heavy atom. The van der Waals surface area contributed by atoms with Gasteiger partial charge in [0.1, 0.15) is 0 Å². The Bertz CT molecular complexity index is 328. The van der Waals surface area contributed by atoms with E-state index in [1.807, 2.05) is 13.0 Å². The molecule has 0 radical (unpaired) electrons. The van der Waals surface area contributed by atoms with Crippen molar-refractivity contribution in [1.29, 1.82) is 0 Å². The SMILES string of the molecule is CC(C)(C)C(=O)[O-].CCOC(=O)C1=CCC[CH]1[Zn+]. The fourth-order valence-electron chi connectivity index (χ4n) is 1.23. The second-order valence-corrected chi connectivity index (χ2v) is 7.26. The third-order valence-corrected chi connectivity index (χ3v) is 4.22. The van der Waals surface area contributed by atoms with Crippen LogP contribution < -0.4 is 5.11 Å². The summed E-state index contributed by atoms with van der Waals surface area (Å²) in [4.78, 5) is 21.1. The second-order valence-electron chi connectivity index (χ2n) is 5.19. The summed E-state index contributed by atoms with van der Waals surface area (Å²) in [5, 5.41) is 9.91. The van der Waals surface area contributed by atoms with Crippen LogP contribution in [0.3, 0.4) is 0 Å². The van der Waals surface area contributed by atoms with Crippen LogP contribution in [0.25, 0.3) is 0 Å². The molecule has 5 heteroatoms. The Morgan fingerprint density at radius 1 is 1.50 bits per heavy atom. The van der Waals surface area contributed by atoms with Crippen LogP contribution >= 0.6 is 0 Å². The number of allylic oxidation sites excluding steroid dienone is 1. The number of carboxylic acid groups (broad SMARTS) is 1. The fourth-order valence-corrected chi connectivity index (χ4v) is 2.42. The van der Waals surface area contributed by atoms with Crippen LogP contribution in [0.1, 0.15) is 40.5 Å². The molecule has 0 aliphatic heterocycles. The number of ether oxygens (including phenoxy) is 1. The number of hydrogen-bond donors (Lipinski definition) is 0. The van der Waals surface area contributed by atoms with E-state index < -0.39 is 11.4 Å². The summed E-state index contributed by atoms with van der Waals surface area (Å²) in [6, 6.07) is 0. The van der Waals surface area contributed by atoms with Gasteiger partial charge >= 0.3 is 76.3 Å². The molecule has 0 heterocycles. The van der Waals surface area contributed by atoms with Gasteiger partial charge in [-0.1, -0.05) is 20.8 Å². The van der Waals surface area contributed by atoms with Crippen LogP contribution in [0.5, 0.6) is 0 Å². The zero-order valence-electron chi connectivity index (χ0n) is 11.6. The quantitative estimate of drug-likeness (QED) is 0.571. The number of carboxylic acids is 1. The number of hydrogen-bond acceptors (Lipinski definition) is 4. The Kier molecular flexibility index (Phi) is 7.38. The molecule has 0 aromatic heterocycles. The number of esters is 1. The predicted octanol–water partition coefficient (Wildman–Crippen LogP) is 1.39. The minimum absolute atomic E-state index is 0.0961. The molecule has 0 spiro atoms. The third kappa shape index (κ3) is 6.29. The summed E-state index contributed by atoms with van der Waals surface area (Å²) >= 11 is 1.17. The molecule has 1 rings (SSSR count). The summed E-state index contributed by atoms with van der Waals surface area (Å²) in [5.41, 5.74) is 0.229. The minimum atomic E-state index is -1.01. The molecule has 0 saturated heterocycles. The molecule has 0 aromatic rings. The molecule has 4 nitrogen and oxygen atoms in total. The summed E-state index contributed by atoms with van der Waals surface area (Å²) in [6.45, 7) is 7.13. The monoisotopic (exact) mass is 304 g/mol. The first-order valence-corrected chi connectivity index (χ1v) is 7.83. The standard InChI is InChI=1S/C8H11O2.C5H10O2.Zn/c1-2-10-8(9)7-5-3-4-6-7;1-5(2,3)4(6)7;/h5-6H,2-4H2,1H3;1-3H3,(H,6,7);/q;;+1/p-1. The van der Waals surface area contributed by atoms with E-state index in [0.29, 0.717) is 11.1 Å². The number of aliphatic carboxylic acids is 1. The van der Waals surface area contributed by atoms with Crippen molar-refractivity contribution in [3.63, 3.8) is 0 Å². The zero-order chi connectivity index (χ0) is 14.3. The summed E-state index contributed by atoms with van der Waals surface area (Å²) < 4.78 is 5.43. The molecule has 0 amide bonds. The van der Waals surface area contributed by atoms with Crippen LogP contribution in [0.15, 0.2) is 11.6 Å². The van der Waals surface area contributed by atoms with E-state index >= 15 is 0 Å². The van der Waals surface area contributed by atoms with Crippen molar-refractivity contribution in [2.75, 3.05) is 6.61 Å². The maximum absolute atomic E-state index is 11.2. The van der Waals surface area contributed by atoms with Crippen molar-refractivity contribution in [1.82, 2.24) is 0 Å². The number of rotatable bonds is 2. The molecule has 0 saturated carbocycles. The van der Waals surface area contributed by atoms with Crippen molar-refractivity contribution in [2.24, 2.45) is 5.41 Å². The van der Waals surface area contributed by atoms with Crippen LogP contribution in [0.2, 0.25) is 4.51 Å². The molecular weight excluding hydrogens is 286 g/mol. The maximum atomic E-state index is 11.2. The summed E-state index contributed by atoms with van der Waals surface area (Å²) in [7, 11) is 0. The fraction of sp³-hybridized carbons (Fsp3) is 0.692. The van der Waals surface area contributed by atoms with E-state index in [1.54, 1.807) is 20.8 Å². The van der Waals surface area contributed by atoms with E-state index in [-0.39, 0.29) is 5.97 Å². The van der Waals surface area contributed by atoms with Crippen LogP contribution in [-0.2, 0) is 32.6 Å². The van der Waals surface area contributed by atoms with Crippen molar-refractivity contribution in [3.8, 4) is 0 Å². The van der Waals surface area contributed by atoms with Gasteiger partial charge in [-0.25, -0.2) is 0 Å². The molecule has 98 valence electrons. The number of carbonyl (C=O) groups is 2. The Balaban J connectivity index is 0.000000360. The van der Waals surface area contributed by atoms with Crippen molar-refractivity contribution in [3.05, 3.63) is 11.6 Å². The van der Waals surface area contributed by atoms with Gasteiger partial charge in [-0.05, 0) is 0 Å². The Hall–Kier alpha value is -0.697. The first-order chi connectivity index (χ1) is 8.20. The van der Waals surface area contributed by atoms with Gasteiger partial charge in [0.25, 0.3) is 0 Å². The molecule has 1 unspecified atom stereocenters. The third-order valence-electron chi connectivity index (χ3n) is 2.44. The van der Waals surface area contributed by atoms with Crippen LogP contribution in [0, 0.1) is 5.41 Å². The molecule has 1 aliphatic rings. The first kappa shape index (κ1) is 17.3. The summed E-state index contributed by atoms with van der Waals surface area (Å²) in [6.07, 6.45) is 4.22. The van der Waals surface area contributed by atoms with E-state index in [9.17, 15) is 14.7 Å². The van der Waals surface area contributed by atoms with Gasteiger partial charge < -0.3 is 9.90 Å². The zero-order valence-corrected chi connectivity index (χ0v) is 14.6. The molecular formula is C13H20O4Zn. The van der Waals surface area contributed by atoms with Crippen molar-refractivity contribution >= 4 is 11.9 Å². The van der Waals surface area contributed by atoms with Gasteiger partial charge in [0.05, 0.1) is 0 Å². The normalized spacial score (nSPS) is 18.6. The Labute approximate surface area is 118 Å². The predicted molar refractivity (Wildman–Crippen MR) is 62.2 cm³/mol. The average molecular weight is 306 g/mol. The van der Waals surface area contributed by atoms with Crippen molar-refractivity contribution in [2.45, 2.75) is 45.0 Å². The molecule has 1 atom stereocenters. The second kappa shape index (κ2) is 7.68. The number of carbonyl (C=O) groups excluding carboxylic acids is 2. The van der Waals surface area contributed by atoms with Gasteiger partial charge in [0.15, 0.2) is 0 Å². The van der Waals surface area contributed by atoms with Gasteiger partial charge in [-0.2, -0.15) is 0 Å². The van der Waals surface area contributed by atoms with Crippen LogP contribution in [-0.4, -0.2) is 18.5 Å². The summed E-state index contributed by atoms with van der Waals surface area (Å²) in [5.74, 6) is -1.10. The molecule has 0 aromatic carbocycles. The van der Waals surface area contributed by atoms with Gasteiger partial charge in [0.2, 0.25) is 0 Å². The van der Waals surface area contributed by atoms with Crippen LogP contribution in [0.4, 0.5) is 0 Å². The molecule has 1 aliphatic carbocycles. The molecule has 0 bridgehead atoms. The van der Waals surface area contributed by atoms with Gasteiger partial charge in [0, 0.05) is 11.4 Å².